The number of thiophene rings is 1. The molecule has 1 amide bonds. The molecule has 0 bridgehead atoms. The van der Waals surface area contributed by atoms with Crippen molar-refractivity contribution in [3.05, 3.63) is 40.1 Å². The number of nitrogens with two attached hydrogens (primary N) is 1. The third-order valence-electron chi connectivity index (χ3n) is 2.83. The second-order valence-electron chi connectivity index (χ2n) is 4.51. The Morgan fingerprint density at radius 2 is 2.00 bits per heavy atom. The highest BCUT2D eigenvalue weighted by molar-refractivity contribution is 7.11. The summed E-state index contributed by atoms with van der Waals surface area (Å²) in [5.74, 6) is 0. The van der Waals surface area contributed by atoms with Crippen LogP contribution >= 0.6 is 36.2 Å². The summed E-state index contributed by atoms with van der Waals surface area (Å²) in [6.07, 6.45) is -0.501. The average Bonchev–Trinajstić information content (AvgIpc) is 2.85. The van der Waals surface area contributed by atoms with Gasteiger partial charge in [-0.3, -0.25) is 5.32 Å². The lowest BCUT2D eigenvalue weighted by Gasteiger charge is -2.11. The van der Waals surface area contributed by atoms with E-state index in [0.29, 0.717) is 18.0 Å². The lowest BCUT2D eigenvalue weighted by molar-refractivity contribution is 0.168. The van der Waals surface area contributed by atoms with Gasteiger partial charge in [0.25, 0.3) is 0 Å². The van der Waals surface area contributed by atoms with Gasteiger partial charge >= 0.3 is 6.09 Å². The first-order chi connectivity index (χ1) is 10.1. The van der Waals surface area contributed by atoms with Crippen LogP contribution in [0.5, 0.6) is 0 Å². The Morgan fingerprint density at radius 3 is 2.57 bits per heavy atom. The molecule has 0 atom stereocenters. The number of hydrogen-bond donors (Lipinski definition) is 3. The zero-order valence-corrected chi connectivity index (χ0v) is 15.4. The maximum Gasteiger partial charge on any atom is 0.411 e. The smallest absolute Gasteiger partial charge is 0.411 e. The molecule has 0 saturated heterocycles. The molecular weight excluding hydrogens is 357 g/mol. The summed E-state index contributed by atoms with van der Waals surface area (Å²) in [5, 5.41) is 5.91. The van der Waals surface area contributed by atoms with E-state index in [1.807, 2.05) is 6.07 Å². The monoisotopic (exact) mass is 377 g/mol. The van der Waals surface area contributed by atoms with Crippen molar-refractivity contribution in [3.8, 4) is 0 Å². The van der Waals surface area contributed by atoms with Crippen molar-refractivity contribution in [2.45, 2.75) is 20.4 Å². The Kier molecular flexibility index (Phi) is 9.48. The molecule has 8 heteroatoms. The van der Waals surface area contributed by atoms with Gasteiger partial charge in [-0.25, -0.2) is 4.79 Å². The average molecular weight is 378 g/mol. The molecule has 4 N–H and O–H groups in total. The van der Waals surface area contributed by atoms with Gasteiger partial charge < -0.3 is 15.8 Å². The number of hydrogen-bond acceptors (Lipinski definition) is 5. The van der Waals surface area contributed by atoms with Gasteiger partial charge in [0.15, 0.2) is 0 Å². The molecule has 1 aromatic heterocycles. The Balaban J connectivity index is 0.00000242. The van der Waals surface area contributed by atoms with Gasteiger partial charge in [-0.05, 0) is 44.2 Å². The van der Waals surface area contributed by atoms with E-state index in [0.717, 1.165) is 12.2 Å². The predicted molar refractivity (Wildman–Crippen MR) is 102 cm³/mol. The van der Waals surface area contributed by atoms with E-state index >= 15 is 0 Å². The van der Waals surface area contributed by atoms with Gasteiger partial charge in [0.1, 0.15) is 0 Å². The van der Waals surface area contributed by atoms with Crippen LogP contribution in [0, 0.1) is 6.92 Å². The minimum absolute atomic E-state index is 0. The fourth-order valence-corrected chi connectivity index (χ4v) is 2.66. The first kappa shape index (κ1) is 21.4. The van der Waals surface area contributed by atoms with Crippen molar-refractivity contribution < 1.29 is 9.53 Å². The highest BCUT2D eigenvalue weighted by Gasteiger charge is 2.06. The van der Waals surface area contributed by atoms with Crippen LogP contribution in [-0.4, -0.2) is 12.7 Å². The number of ether oxygens (including phenoxy) is 1. The molecule has 0 aliphatic heterocycles. The van der Waals surface area contributed by atoms with E-state index in [4.69, 9.17) is 10.5 Å². The number of rotatable bonds is 5. The quantitative estimate of drug-likeness (QED) is 0.662. The molecule has 1 aromatic carbocycles. The molecule has 128 valence electrons. The number of nitrogens with one attached hydrogen (secondary N) is 2. The van der Waals surface area contributed by atoms with Gasteiger partial charge in [0.05, 0.1) is 18.0 Å². The van der Waals surface area contributed by atoms with Gasteiger partial charge in [0.2, 0.25) is 0 Å². The topological polar surface area (TPSA) is 76.4 Å². The van der Waals surface area contributed by atoms with Crippen LogP contribution in [0.3, 0.4) is 0 Å². The highest BCUT2D eigenvalue weighted by atomic mass is 35.5. The van der Waals surface area contributed by atoms with Crippen LogP contribution in [0.4, 0.5) is 21.9 Å². The first-order valence-electron chi connectivity index (χ1n) is 6.71. The molecule has 2 rings (SSSR count). The molecule has 0 aliphatic rings. The summed E-state index contributed by atoms with van der Waals surface area (Å²) >= 11 is 1.76. The summed E-state index contributed by atoms with van der Waals surface area (Å²) in [4.78, 5) is 13.9. The van der Waals surface area contributed by atoms with E-state index in [1.54, 1.807) is 30.4 Å². The van der Waals surface area contributed by atoms with Gasteiger partial charge in [-0.15, -0.1) is 36.2 Å². The molecule has 2 aromatic rings. The number of carbonyl (C=O) groups is 1. The van der Waals surface area contributed by atoms with E-state index in [-0.39, 0.29) is 24.8 Å². The number of nitrogen functional groups attached to an aromatic ring is 1. The molecule has 0 spiro atoms. The van der Waals surface area contributed by atoms with Crippen molar-refractivity contribution in [3.63, 3.8) is 0 Å². The van der Waals surface area contributed by atoms with Crippen molar-refractivity contribution in [1.29, 1.82) is 0 Å². The van der Waals surface area contributed by atoms with E-state index in [1.165, 1.54) is 9.75 Å². The van der Waals surface area contributed by atoms with Crippen LogP contribution in [0.2, 0.25) is 0 Å². The summed E-state index contributed by atoms with van der Waals surface area (Å²) in [6, 6.07) is 9.63. The highest BCUT2D eigenvalue weighted by Crippen LogP contribution is 2.24. The van der Waals surface area contributed by atoms with Crippen molar-refractivity contribution in [2.75, 3.05) is 23.0 Å². The van der Waals surface area contributed by atoms with Crippen molar-refractivity contribution in [1.82, 2.24) is 0 Å². The normalized spacial score (nSPS) is 9.30. The van der Waals surface area contributed by atoms with Gasteiger partial charge in [-0.2, -0.15) is 0 Å². The zero-order valence-electron chi connectivity index (χ0n) is 12.9. The Bertz CT molecular complexity index is 635. The minimum Gasteiger partial charge on any atom is -0.450 e. The van der Waals surface area contributed by atoms with Gasteiger partial charge in [-0.1, -0.05) is 0 Å². The van der Waals surface area contributed by atoms with E-state index in [2.05, 4.69) is 29.7 Å². The lowest BCUT2D eigenvalue weighted by Crippen LogP contribution is -2.14. The van der Waals surface area contributed by atoms with Crippen molar-refractivity contribution >= 4 is 59.3 Å². The number of carbonyl (C=O) groups excluding carboxylic acids is 1. The Hall–Kier alpha value is -1.63. The third kappa shape index (κ3) is 6.56. The Labute approximate surface area is 152 Å². The van der Waals surface area contributed by atoms with Gasteiger partial charge in [0, 0.05) is 22.0 Å². The lowest BCUT2D eigenvalue weighted by atomic mass is 10.2. The van der Waals surface area contributed by atoms with E-state index < -0.39 is 6.09 Å². The summed E-state index contributed by atoms with van der Waals surface area (Å²) in [6.45, 7) is 4.92. The largest absolute Gasteiger partial charge is 0.450 e. The molecular formula is C15H21Cl2N3O2S. The molecule has 0 fully saturated rings. The fraction of sp³-hybridized carbons (Fsp3) is 0.267. The SMILES string of the molecule is CCOC(=O)Nc1ccc(NCc2ccc(C)s2)cc1N.Cl.Cl. The van der Waals surface area contributed by atoms with Crippen LogP contribution < -0.4 is 16.4 Å². The molecule has 5 nitrogen and oxygen atoms in total. The van der Waals surface area contributed by atoms with Crippen LogP contribution in [-0.2, 0) is 11.3 Å². The summed E-state index contributed by atoms with van der Waals surface area (Å²) in [7, 11) is 0. The van der Waals surface area contributed by atoms with Crippen LogP contribution in [0.1, 0.15) is 16.7 Å². The molecule has 23 heavy (non-hydrogen) atoms. The van der Waals surface area contributed by atoms with Crippen molar-refractivity contribution in [2.24, 2.45) is 0 Å². The maximum atomic E-state index is 11.4. The summed E-state index contributed by atoms with van der Waals surface area (Å²) in [5.41, 5.74) is 7.88. The summed E-state index contributed by atoms with van der Waals surface area (Å²) < 4.78 is 4.82. The van der Waals surface area contributed by atoms with Crippen LogP contribution in [0.15, 0.2) is 30.3 Å². The molecule has 0 aliphatic carbocycles. The molecule has 0 radical (unpaired) electrons. The Morgan fingerprint density at radius 1 is 1.26 bits per heavy atom. The fourth-order valence-electron chi connectivity index (χ4n) is 1.83. The predicted octanol–water partition coefficient (Wildman–Crippen LogP) is 4.66. The third-order valence-corrected chi connectivity index (χ3v) is 3.83. The zero-order chi connectivity index (χ0) is 15.2. The molecule has 1 heterocycles. The standard InChI is InChI=1S/C15H19N3O2S.2ClH/c1-3-20-15(19)18-14-7-5-11(8-13(14)16)17-9-12-6-4-10(2)21-12;;/h4-8,17H,3,9,16H2,1-2H3,(H,18,19);2*1H. The second-order valence-corrected chi connectivity index (χ2v) is 5.89. The first-order valence-corrected chi connectivity index (χ1v) is 7.52. The van der Waals surface area contributed by atoms with Crippen LogP contribution in [0.25, 0.3) is 0 Å². The number of benzene rings is 1. The molecule has 0 unspecified atom stereocenters. The van der Waals surface area contributed by atoms with E-state index in [9.17, 15) is 4.79 Å². The molecule has 0 saturated carbocycles. The second kappa shape index (κ2) is 10.2. The maximum absolute atomic E-state index is 11.4. The number of anilines is 3. The number of halogens is 2. The number of aryl methyl sites for hydroxylation is 1. The minimum atomic E-state index is -0.501. The number of amides is 1.